The molecule has 2 rings (SSSR count). The summed E-state index contributed by atoms with van der Waals surface area (Å²) in [5.41, 5.74) is 0.604. The SMILES string of the molecule is O=C(O)c1nc(CSc2ccc(F)c(F)c2)cs1. The molecule has 3 nitrogen and oxygen atoms in total. The van der Waals surface area contributed by atoms with Crippen LogP contribution in [0.2, 0.25) is 0 Å². The van der Waals surface area contributed by atoms with E-state index in [9.17, 15) is 13.6 Å². The molecular weight excluding hydrogens is 280 g/mol. The number of thiazole rings is 1. The summed E-state index contributed by atoms with van der Waals surface area (Å²) in [6.07, 6.45) is 0. The first-order valence-corrected chi connectivity index (χ1v) is 6.68. The Morgan fingerprint density at radius 1 is 1.39 bits per heavy atom. The maximum absolute atomic E-state index is 12.9. The van der Waals surface area contributed by atoms with Crippen molar-refractivity contribution in [3.05, 3.63) is 45.9 Å². The van der Waals surface area contributed by atoms with Crippen LogP contribution < -0.4 is 0 Å². The van der Waals surface area contributed by atoms with Crippen molar-refractivity contribution < 1.29 is 18.7 Å². The number of aromatic carboxylic acids is 1. The van der Waals surface area contributed by atoms with Crippen molar-refractivity contribution in [2.75, 3.05) is 0 Å². The van der Waals surface area contributed by atoms with Crippen molar-refractivity contribution >= 4 is 29.1 Å². The summed E-state index contributed by atoms with van der Waals surface area (Å²) >= 11 is 2.31. The predicted molar refractivity (Wildman–Crippen MR) is 65.0 cm³/mol. The van der Waals surface area contributed by atoms with Crippen LogP contribution in [0.3, 0.4) is 0 Å². The fraction of sp³-hybridized carbons (Fsp3) is 0.0909. The number of rotatable bonds is 4. The highest BCUT2D eigenvalue weighted by Crippen LogP contribution is 2.25. The van der Waals surface area contributed by atoms with Gasteiger partial charge in [-0.3, -0.25) is 0 Å². The highest BCUT2D eigenvalue weighted by atomic mass is 32.2. The van der Waals surface area contributed by atoms with Crippen LogP contribution in [0.15, 0.2) is 28.5 Å². The second-order valence-electron chi connectivity index (χ2n) is 3.31. The van der Waals surface area contributed by atoms with Gasteiger partial charge in [0.05, 0.1) is 5.69 Å². The van der Waals surface area contributed by atoms with Crippen molar-refractivity contribution in [3.63, 3.8) is 0 Å². The lowest BCUT2D eigenvalue weighted by molar-refractivity contribution is 0.0696. The lowest BCUT2D eigenvalue weighted by atomic mass is 10.3. The van der Waals surface area contributed by atoms with Gasteiger partial charge < -0.3 is 5.11 Å². The van der Waals surface area contributed by atoms with E-state index >= 15 is 0 Å². The van der Waals surface area contributed by atoms with Crippen molar-refractivity contribution in [2.24, 2.45) is 0 Å². The minimum atomic E-state index is -1.07. The highest BCUT2D eigenvalue weighted by Gasteiger charge is 2.09. The van der Waals surface area contributed by atoms with Gasteiger partial charge in [-0.15, -0.1) is 23.1 Å². The lowest BCUT2D eigenvalue weighted by Gasteiger charge is -2.00. The first-order chi connectivity index (χ1) is 8.56. The Labute approximate surface area is 109 Å². The fourth-order valence-electron chi connectivity index (χ4n) is 1.20. The number of hydrogen-bond donors (Lipinski definition) is 1. The average molecular weight is 287 g/mol. The topological polar surface area (TPSA) is 50.2 Å². The largest absolute Gasteiger partial charge is 0.476 e. The molecule has 0 saturated heterocycles. The smallest absolute Gasteiger partial charge is 0.365 e. The van der Waals surface area contributed by atoms with Crippen LogP contribution in [-0.2, 0) is 5.75 Å². The summed E-state index contributed by atoms with van der Waals surface area (Å²) < 4.78 is 25.6. The van der Waals surface area contributed by atoms with E-state index in [0.29, 0.717) is 16.3 Å². The molecule has 0 amide bonds. The van der Waals surface area contributed by atoms with Crippen LogP contribution in [0.4, 0.5) is 8.78 Å². The molecule has 0 atom stereocenters. The molecule has 0 unspecified atom stereocenters. The van der Waals surface area contributed by atoms with Crippen molar-refractivity contribution in [2.45, 2.75) is 10.6 Å². The van der Waals surface area contributed by atoms with Gasteiger partial charge >= 0.3 is 5.97 Å². The molecule has 0 saturated carbocycles. The summed E-state index contributed by atoms with van der Waals surface area (Å²) in [7, 11) is 0. The number of halogens is 2. The molecule has 18 heavy (non-hydrogen) atoms. The van der Waals surface area contributed by atoms with Crippen LogP contribution in [0, 0.1) is 11.6 Å². The Bertz CT molecular complexity index is 586. The number of aromatic nitrogens is 1. The van der Waals surface area contributed by atoms with Gasteiger partial charge in [0, 0.05) is 16.0 Å². The zero-order valence-corrected chi connectivity index (χ0v) is 10.5. The fourth-order valence-corrected chi connectivity index (χ4v) is 2.77. The minimum absolute atomic E-state index is 0.0240. The second kappa shape index (κ2) is 5.45. The van der Waals surface area contributed by atoms with Crippen molar-refractivity contribution in [3.8, 4) is 0 Å². The Morgan fingerprint density at radius 2 is 2.17 bits per heavy atom. The third-order valence-corrected chi connectivity index (χ3v) is 3.92. The summed E-state index contributed by atoms with van der Waals surface area (Å²) in [5.74, 6) is -2.44. The molecule has 0 radical (unpaired) electrons. The van der Waals surface area contributed by atoms with E-state index in [-0.39, 0.29) is 5.01 Å². The summed E-state index contributed by atoms with van der Waals surface area (Å²) in [4.78, 5) is 15.1. The third kappa shape index (κ3) is 3.05. The Hall–Kier alpha value is -1.47. The molecule has 1 aromatic carbocycles. The number of carboxylic acids is 1. The van der Waals surface area contributed by atoms with Gasteiger partial charge in [0.2, 0.25) is 5.01 Å². The van der Waals surface area contributed by atoms with Crippen LogP contribution >= 0.6 is 23.1 Å². The van der Waals surface area contributed by atoms with Gasteiger partial charge in [0.25, 0.3) is 0 Å². The maximum Gasteiger partial charge on any atom is 0.365 e. The lowest BCUT2D eigenvalue weighted by Crippen LogP contribution is -1.95. The molecule has 7 heteroatoms. The van der Waals surface area contributed by atoms with Crippen LogP contribution in [0.5, 0.6) is 0 Å². The number of carbonyl (C=O) groups is 1. The van der Waals surface area contributed by atoms with E-state index in [0.717, 1.165) is 23.5 Å². The molecule has 0 spiro atoms. The molecule has 0 aliphatic carbocycles. The molecule has 2 aromatic rings. The first-order valence-electron chi connectivity index (χ1n) is 4.82. The molecule has 0 bridgehead atoms. The molecule has 0 aliphatic rings. The Morgan fingerprint density at radius 3 is 2.78 bits per heavy atom. The molecule has 1 N–H and O–H groups in total. The molecule has 0 aliphatic heterocycles. The summed E-state index contributed by atoms with van der Waals surface area (Å²) in [5, 5.41) is 10.4. The zero-order chi connectivity index (χ0) is 13.1. The number of hydrogen-bond acceptors (Lipinski definition) is 4. The first kappa shape index (κ1) is 13.0. The van der Waals surface area contributed by atoms with E-state index in [1.54, 1.807) is 5.38 Å². The van der Waals surface area contributed by atoms with Gasteiger partial charge in [0.15, 0.2) is 11.6 Å². The Kier molecular flexibility index (Phi) is 3.93. The maximum atomic E-state index is 12.9. The van der Waals surface area contributed by atoms with Gasteiger partial charge in [-0.25, -0.2) is 18.6 Å². The molecule has 94 valence electrons. The van der Waals surface area contributed by atoms with Gasteiger partial charge in [-0.2, -0.15) is 0 Å². The molecule has 1 heterocycles. The quantitative estimate of drug-likeness (QED) is 0.875. The van der Waals surface area contributed by atoms with Crippen LogP contribution in [0.25, 0.3) is 0 Å². The Balaban J connectivity index is 2.02. The number of benzene rings is 1. The second-order valence-corrected chi connectivity index (χ2v) is 5.22. The normalized spacial score (nSPS) is 10.6. The highest BCUT2D eigenvalue weighted by molar-refractivity contribution is 7.98. The van der Waals surface area contributed by atoms with E-state index in [4.69, 9.17) is 5.11 Å². The van der Waals surface area contributed by atoms with E-state index in [2.05, 4.69) is 4.98 Å². The number of thioether (sulfide) groups is 1. The minimum Gasteiger partial charge on any atom is -0.476 e. The summed E-state index contributed by atoms with van der Waals surface area (Å²) in [6.45, 7) is 0. The average Bonchev–Trinajstić information content (AvgIpc) is 2.79. The van der Waals surface area contributed by atoms with Crippen LogP contribution in [-0.4, -0.2) is 16.1 Å². The number of carboxylic acid groups (broad SMARTS) is 1. The molecule has 0 fully saturated rings. The van der Waals surface area contributed by atoms with E-state index in [1.165, 1.54) is 17.8 Å². The summed E-state index contributed by atoms with van der Waals surface area (Å²) in [6, 6.07) is 3.62. The third-order valence-electron chi connectivity index (χ3n) is 2.01. The van der Waals surface area contributed by atoms with Gasteiger partial charge in [-0.05, 0) is 18.2 Å². The zero-order valence-electron chi connectivity index (χ0n) is 8.89. The molecular formula is C11H7F2NO2S2. The monoisotopic (exact) mass is 287 g/mol. The molecule has 1 aromatic heterocycles. The van der Waals surface area contributed by atoms with E-state index in [1.807, 2.05) is 0 Å². The van der Waals surface area contributed by atoms with Gasteiger partial charge in [-0.1, -0.05) is 0 Å². The van der Waals surface area contributed by atoms with Crippen molar-refractivity contribution in [1.82, 2.24) is 4.98 Å². The standard InChI is InChI=1S/C11H7F2NO2S2/c12-8-2-1-7(3-9(8)13)17-4-6-5-18-10(14-6)11(15)16/h1-3,5H,4H2,(H,15,16). The van der Waals surface area contributed by atoms with Crippen LogP contribution in [0.1, 0.15) is 15.5 Å². The van der Waals surface area contributed by atoms with E-state index < -0.39 is 17.6 Å². The number of nitrogens with zero attached hydrogens (tertiary/aromatic N) is 1. The van der Waals surface area contributed by atoms with Gasteiger partial charge in [0.1, 0.15) is 0 Å². The van der Waals surface area contributed by atoms with Crippen molar-refractivity contribution in [1.29, 1.82) is 0 Å². The predicted octanol–water partition coefficient (Wildman–Crippen LogP) is 3.41.